The zero-order valence-corrected chi connectivity index (χ0v) is 12.3. The van der Waals surface area contributed by atoms with E-state index in [1.807, 2.05) is 20.8 Å². The molecule has 0 saturated heterocycles. The Morgan fingerprint density at radius 2 is 2.05 bits per heavy atom. The first-order valence-corrected chi connectivity index (χ1v) is 6.63. The summed E-state index contributed by atoms with van der Waals surface area (Å²) in [6.45, 7) is 6.37. The van der Waals surface area contributed by atoms with E-state index in [0.717, 1.165) is 11.1 Å². The number of carbonyl (C=O) groups is 1. The standard InChI is InChI=1S/C15H20FNO3/c1-15(2,3)20-14(18)17-6-5-12-10(9-17)7-11(16)8-13(12)19-4/h7-8H,5-6,9H2,1-4H3. The normalized spacial score (nSPS) is 14.8. The minimum Gasteiger partial charge on any atom is -0.496 e. The van der Waals surface area contributed by atoms with Gasteiger partial charge in [0.15, 0.2) is 0 Å². The highest BCUT2D eigenvalue weighted by Crippen LogP contribution is 2.29. The summed E-state index contributed by atoms with van der Waals surface area (Å²) in [7, 11) is 1.52. The average molecular weight is 281 g/mol. The lowest BCUT2D eigenvalue weighted by Gasteiger charge is -2.31. The molecule has 110 valence electrons. The first-order chi connectivity index (χ1) is 9.30. The van der Waals surface area contributed by atoms with E-state index in [1.54, 1.807) is 4.90 Å². The lowest BCUT2D eigenvalue weighted by atomic mass is 9.98. The first-order valence-electron chi connectivity index (χ1n) is 6.63. The van der Waals surface area contributed by atoms with E-state index in [0.29, 0.717) is 25.3 Å². The highest BCUT2D eigenvalue weighted by Gasteiger charge is 2.27. The van der Waals surface area contributed by atoms with Crippen LogP contribution in [0.15, 0.2) is 12.1 Å². The molecule has 1 aliphatic heterocycles. The summed E-state index contributed by atoms with van der Waals surface area (Å²) >= 11 is 0. The van der Waals surface area contributed by atoms with Gasteiger partial charge in [0.2, 0.25) is 0 Å². The fourth-order valence-electron chi connectivity index (χ4n) is 2.29. The molecule has 0 fully saturated rings. The third-order valence-corrected chi connectivity index (χ3v) is 3.13. The van der Waals surface area contributed by atoms with Gasteiger partial charge in [-0.3, -0.25) is 0 Å². The number of benzene rings is 1. The van der Waals surface area contributed by atoms with Crippen LogP contribution in [0.2, 0.25) is 0 Å². The van der Waals surface area contributed by atoms with Crippen molar-refractivity contribution in [1.29, 1.82) is 0 Å². The number of halogens is 1. The molecule has 1 aliphatic rings. The smallest absolute Gasteiger partial charge is 0.410 e. The van der Waals surface area contributed by atoms with Gasteiger partial charge in [0.25, 0.3) is 0 Å². The Balaban J connectivity index is 2.19. The van der Waals surface area contributed by atoms with E-state index in [1.165, 1.54) is 19.2 Å². The maximum atomic E-state index is 13.5. The molecule has 1 amide bonds. The highest BCUT2D eigenvalue weighted by molar-refractivity contribution is 5.69. The van der Waals surface area contributed by atoms with Gasteiger partial charge in [0, 0.05) is 24.7 Å². The molecule has 0 saturated carbocycles. The molecule has 0 spiro atoms. The van der Waals surface area contributed by atoms with Crippen LogP contribution in [0.25, 0.3) is 0 Å². The molecular formula is C15H20FNO3. The van der Waals surface area contributed by atoms with E-state index in [9.17, 15) is 9.18 Å². The van der Waals surface area contributed by atoms with Gasteiger partial charge >= 0.3 is 6.09 Å². The second-order valence-corrected chi connectivity index (χ2v) is 5.90. The summed E-state index contributed by atoms with van der Waals surface area (Å²) in [5.74, 6) is 0.190. The maximum Gasteiger partial charge on any atom is 0.410 e. The zero-order valence-electron chi connectivity index (χ0n) is 12.3. The number of ether oxygens (including phenoxy) is 2. The summed E-state index contributed by atoms with van der Waals surface area (Å²) in [5.41, 5.74) is 1.21. The van der Waals surface area contributed by atoms with Crippen molar-refractivity contribution < 1.29 is 18.7 Å². The Kier molecular flexibility index (Phi) is 3.88. The quantitative estimate of drug-likeness (QED) is 0.794. The second-order valence-electron chi connectivity index (χ2n) is 5.90. The number of hydrogen-bond acceptors (Lipinski definition) is 3. The number of hydrogen-bond donors (Lipinski definition) is 0. The molecular weight excluding hydrogens is 261 g/mol. The van der Waals surface area contributed by atoms with E-state index in [-0.39, 0.29) is 11.9 Å². The number of nitrogens with zero attached hydrogens (tertiary/aromatic N) is 1. The van der Waals surface area contributed by atoms with Crippen LogP contribution >= 0.6 is 0 Å². The minimum absolute atomic E-state index is 0.346. The van der Waals surface area contributed by atoms with Crippen molar-refractivity contribution in [2.45, 2.75) is 39.3 Å². The van der Waals surface area contributed by atoms with Crippen LogP contribution in [0.5, 0.6) is 5.75 Å². The Bertz CT molecular complexity index is 523. The SMILES string of the molecule is COc1cc(F)cc2c1CCN(C(=O)OC(C)(C)C)C2. The van der Waals surface area contributed by atoms with Crippen molar-refractivity contribution >= 4 is 6.09 Å². The van der Waals surface area contributed by atoms with Gasteiger partial charge in [-0.1, -0.05) is 0 Å². The summed E-state index contributed by atoms with van der Waals surface area (Å²) in [4.78, 5) is 13.6. The van der Waals surface area contributed by atoms with Crippen LogP contribution in [0.3, 0.4) is 0 Å². The molecule has 4 nitrogen and oxygen atoms in total. The summed E-state index contributed by atoms with van der Waals surface area (Å²) in [6.07, 6.45) is 0.268. The van der Waals surface area contributed by atoms with E-state index in [4.69, 9.17) is 9.47 Å². The predicted octanol–water partition coefficient (Wildman–Crippen LogP) is 3.13. The van der Waals surface area contributed by atoms with E-state index >= 15 is 0 Å². The summed E-state index contributed by atoms with van der Waals surface area (Å²) in [5, 5.41) is 0. The number of fused-ring (bicyclic) bond motifs is 1. The molecule has 1 aromatic rings. The molecule has 0 bridgehead atoms. The lowest BCUT2D eigenvalue weighted by Crippen LogP contribution is -2.40. The Labute approximate surface area is 118 Å². The van der Waals surface area contributed by atoms with E-state index < -0.39 is 5.60 Å². The van der Waals surface area contributed by atoms with Crippen LogP contribution < -0.4 is 4.74 Å². The molecule has 0 aromatic heterocycles. The summed E-state index contributed by atoms with van der Waals surface area (Å²) < 4.78 is 24.1. The third-order valence-electron chi connectivity index (χ3n) is 3.13. The molecule has 0 aliphatic carbocycles. The first kappa shape index (κ1) is 14.6. The molecule has 1 heterocycles. The molecule has 0 radical (unpaired) electrons. The lowest BCUT2D eigenvalue weighted by molar-refractivity contribution is 0.0223. The van der Waals surface area contributed by atoms with Crippen molar-refractivity contribution in [3.8, 4) is 5.75 Å². The van der Waals surface area contributed by atoms with Crippen LogP contribution in [0.4, 0.5) is 9.18 Å². The molecule has 0 unspecified atom stereocenters. The van der Waals surface area contributed by atoms with Crippen molar-refractivity contribution in [3.05, 3.63) is 29.1 Å². The second kappa shape index (κ2) is 5.31. The van der Waals surface area contributed by atoms with Gasteiger partial charge in [-0.05, 0) is 38.8 Å². The van der Waals surface area contributed by atoms with Gasteiger partial charge in [-0.15, -0.1) is 0 Å². The Morgan fingerprint density at radius 3 is 2.65 bits per heavy atom. The third kappa shape index (κ3) is 3.21. The minimum atomic E-state index is -0.531. The van der Waals surface area contributed by atoms with Gasteiger partial charge in [-0.25, -0.2) is 9.18 Å². The fraction of sp³-hybridized carbons (Fsp3) is 0.533. The van der Waals surface area contributed by atoms with Crippen molar-refractivity contribution in [2.24, 2.45) is 0 Å². The fourth-order valence-corrected chi connectivity index (χ4v) is 2.29. The average Bonchev–Trinajstić information content (AvgIpc) is 2.34. The number of methoxy groups -OCH3 is 1. The van der Waals surface area contributed by atoms with Crippen molar-refractivity contribution in [1.82, 2.24) is 4.90 Å². The van der Waals surface area contributed by atoms with Crippen LogP contribution in [0, 0.1) is 5.82 Å². The molecule has 0 N–H and O–H groups in total. The Hall–Kier alpha value is -1.78. The molecule has 20 heavy (non-hydrogen) atoms. The zero-order chi connectivity index (χ0) is 14.9. The monoisotopic (exact) mass is 281 g/mol. The van der Waals surface area contributed by atoms with Gasteiger partial charge in [0.1, 0.15) is 17.2 Å². The number of rotatable bonds is 1. The largest absolute Gasteiger partial charge is 0.496 e. The van der Waals surface area contributed by atoms with Crippen molar-refractivity contribution in [2.75, 3.05) is 13.7 Å². The Morgan fingerprint density at radius 1 is 1.35 bits per heavy atom. The predicted molar refractivity (Wildman–Crippen MR) is 73.3 cm³/mol. The van der Waals surface area contributed by atoms with Crippen LogP contribution in [-0.2, 0) is 17.7 Å². The molecule has 0 atom stereocenters. The molecule has 1 aromatic carbocycles. The van der Waals surface area contributed by atoms with Gasteiger partial charge in [0.05, 0.1) is 7.11 Å². The number of carbonyl (C=O) groups excluding carboxylic acids is 1. The van der Waals surface area contributed by atoms with Crippen molar-refractivity contribution in [3.63, 3.8) is 0 Å². The van der Waals surface area contributed by atoms with E-state index in [2.05, 4.69) is 0 Å². The number of amides is 1. The highest BCUT2D eigenvalue weighted by atomic mass is 19.1. The molecule has 5 heteroatoms. The van der Waals surface area contributed by atoms with Gasteiger partial charge < -0.3 is 14.4 Å². The van der Waals surface area contributed by atoms with Gasteiger partial charge in [-0.2, -0.15) is 0 Å². The molecule has 2 rings (SSSR count). The van der Waals surface area contributed by atoms with Crippen LogP contribution in [0.1, 0.15) is 31.9 Å². The topological polar surface area (TPSA) is 38.8 Å². The van der Waals surface area contributed by atoms with Crippen LogP contribution in [-0.4, -0.2) is 30.2 Å². The summed E-state index contributed by atoms with van der Waals surface area (Å²) in [6, 6.07) is 2.83. The maximum absolute atomic E-state index is 13.5.